The van der Waals surface area contributed by atoms with Gasteiger partial charge in [-0.2, -0.15) is 0 Å². The van der Waals surface area contributed by atoms with Crippen molar-refractivity contribution < 1.29 is 9.47 Å². The smallest absolute Gasteiger partial charge is 0.175 e. The van der Waals surface area contributed by atoms with E-state index in [1.54, 1.807) is 7.11 Å². The third kappa shape index (κ3) is 5.41. The fourth-order valence-corrected chi connectivity index (χ4v) is 2.50. The van der Waals surface area contributed by atoms with Crippen LogP contribution in [0.25, 0.3) is 0 Å². The van der Waals surface area contributed by atoms with Crippen LogP contribution in [-0.4, -0.2) is 20.3 Å². The van der Waals surface area contributed by atoms with E-state index in [-0.39, 0.29) is 0 Å². The maximum absolute atomic E-state index is 5.58. The van der Waals surface area contributed by atoms with Crippen molar-refractivity contribution >= 4 is 15.9 Å². The van der Waals surface area contributed by atoms with Crippen LogP contribution in [0.3, 0.4) is 0 Å². The molecule has 0 unspecified atom stereocenters. The van der Waals surface area contributed by atoms with Gasteiger partial charge in [0.2, 0.25) is 0 Å². The van der Waals surface area contributed by atoms with Crippen LogP contribution >= 0.6 is 15.9 Å². The van der Waals surface area contributed by atoms with Crippen LogP contribution in [0.4, 0.5) is 0 Å². The molecule has 0 aliphatic heterocycles. The van der Waals surface area contributed by atoms with Gasteiger partial charge < -0.3 is 14.8 Å². The summed E-state index contributed by atoms with van der Waals surface area (Å²) < 4.78 is 11.9. The Kier molecular flexibility index (Phi) is 7.91. The van der Waals surface area contributed by atoms with Gasteiger partial charge in [0, 0.05) is 6.54 Å². The maximum Gasteiger partial charge on any atom is 0.175 e. The van der Waals surface area contributed by atoms with Gasteiger partial charge in [-0.05, 0) is 53.5 Å². The number of methoxy groups -OCH3 is 1. The minimum Gasteiger partial charge on any atom is -0.493 e. The Bertz CT molecular complexity index is 383. The number of hydrogen-bond donors (Lipinski definition) is 1. The Hall–Kier alpha value is -0.740. The van der Waals surface area contributed by atoms with Gasteiger partial charge >= 0.3 is 0 Å². The van der Waals surface area contributed by atoms with Crippen molar-refractivity contribution in [2.75, 3.05) is 20.3 Å². The summed E-state index contributed by atoms with van der Waals surface area (Å²) in [5.41, 5.74) is 1.20. The molecule has 0 atom stereocenters. The molecule has 0 radical (unpaired) electrons. The Balaban J connectivity index is 2.62. The predicted octanol–water partition coefficient (Wildman–Crippen LogP) is 4.14. The Morgan fingerprint density at radius 3 is 2.63 bits per heavy atom. The molecule has 0 aliphatic carbocycles. The van der Waals surface area contributed by atoms with Crippen LogP contribution in [0.15, 0.2) is 16.6 Å². The number of unbranched alkanes of at least 4 members (excludes halogenated alkanes) is 2. The second-order valence-corrected chi connectivity index (χ2v) is 5.28. The molecule has 0 bridgehead atoms. The fraction of sp³-hybridized carbons (Fsp3) is 0.600. The van der Waals surface area contributed by atoms with E-state index in [1.165, 1.54) is 24.8 Å². The molecule has 0 fully saturated rings. The predicted molar refractivity (Wildman–Crippen MR) is 83.1 cm³/mol. The highest BCUT2D eigenvalue weighted by atomic mass is 79.9. The van der Waals surface area contributed by atoms with E-state index in [0.29, 0.717) is 6.61 Å². The summed E-state index contributed by atoms with van der Waals surface area (Å²) in [6, 6.07) is 4.11. The first-order chi connectivity index (χ1) is 9.22. The average molecular weight is 330 g/mol. The van der Waals surface area contributed by atoms with Gasteiger partial charge in [-0.1, -0.05) is 19.8 Å². The van der Waals surface area contributed by atoms with Crippen LogP contribution in [0.5, 0.6) is 11.5 Å². The lowest BCUT2D eigenvalue weighted by Crippen LogP contribution is -2.14. The van der Waals surface area contributed by atoms with Crippen molar-refractivity contribution in [1.29, 1.82) is 0 Å². The molecule has 0 saturated carbocycles. The van der Waals surface area contributed by atoms with Gasteiger partial charge in [-0.3, -0.25) is 0 Å². The van der Waals surface area contributed by atoms with E-state index in [2.05, 4.69) is 34.2 Å². The molecule has 0 amide bonds. The topological polar surface area (TPSA) is 30.5 Å². The lowest BCUT2D eigenvalue weighted by Gasteiger charge is -2.13. The fourth-order valence-electron chi connectivity index (χ4n) is 1.89. The molecule has 4 heteroatoms. The molecule has 1 aromatic rings. The van der Waals surface area contributed by atoms with E-state index in [9.17, 15) is 0 Å². The number of ether oxygens (including phenoxy) is 2. The molecule has 1 aromatic carbocycles. The Morgan fingerprint density at radius 1 is 1.21 bits per heavy atom. The van der Waals surface area contributed by atoms with Crippen LogP contribution in [-0.2, 0) is 6.54 Å². The van der Waals surface area contributed by atoms with E-state index in [1.807, 2.05) is 13.0 Å². The van der Waals surface area contributed by atoms with Gasteiger partial charge in [-0.25, -0.2) is 0 Å². The second-order valence-electron chi connectivity index (χ2n) is 4.43. The van der Waals surface area contributed by atoms with Crippen molar-refractivity contribution in [2.45, 2.75) is 39.7 Å². The van der Waals surface area contributed by atoms with Crippen LogP contribution in [0.1, 0.15) is 38.7 Å². The highest BCUT2D eigenvalue weighted by Crippen LogP contribution is 2.36. The summed E-state index contributed by atoms with van der Waals surface area (Å²) in [6.45, 7) is 6.72. The van der Waals surface area contributed by atoms with Crippen LogP contribution < -0.4 is 14.8 Å². The van der Waals surface area contributed by atoms with Crippen LogP contribution in [0.2, 0.25) is 0 Å². The minimum atomic E-state index is 0.629. The van der Waals surface area contributed by atoms with Gasteiger partial charge in [0.1, 0.15) is 0 Å². The zero-order chi connectivity index (χ0) is 14.1. The van der Waals surface area contributed by atoms with Gasteiger partial charge in [0.25, 0.3) is 0 Å². The molecule has 3 nitrogen and oxygen atoms in total. The molecule has 0 heterocycles. The number of nitrogens with one attached hydrogen (secondary N) is 1. The summed E-state index contributed by atoms with van der Waals surface area (Å²) >= 11 is 3.54. The highest BCUT2D eigenvalue weighted by Gasteiger charge is 2.10. The third-order valence-electron chi connectivity index (χ3n) is 2.86. The summed E-state index contributed by atoms with van der Waals surface area (Å²) in [5, 5.41) is 3.45. The molecule has 0 saturated heterocycles. The first kappa shape index (κ1) is 16.3. The Labute approximate surface area is 124 Å². The van der Waals surface area contributed by atoms with Gasteiger partial charge in [0.15, 0.2) is 11.5 Å². The zero-order valence-corrected chi connectivity index (χ0v) is 13.7. The van der Waals surface area contributed by atoms with Crippen molar-refractivity contribution in [2.24, 2.45) is 0 Å². The summed E-state index contributed by atoms with van der Waals surface area (Å²) in [6.07, 6.45) is 3.76. The quantitative estimate of drug-likeness (QED) is 0.691. The first-order valence-corrected chi connectivity index (χ1v) is 7.72. The first-order valence-electron chi connectivity index (χ1n) is 6.92. The van der Waals surface area contributed by atoms with Crippen molar-refractivity contribution in [3.05, 3.63) is 22.2 Å². The van der Waals surface area contributed by atoms with Crippen molar-refractivity contribution in [1.82, 2.24) is 5.32 Å². The summed E-state index contributed by atoms with van der Waals surface area (Å²) in [4.78, 5) is 0. The molecule has 0 aromatic heterocycles. The van der Waals surface area contributed by atoms with Crippen LogP contribution in [0, 0.1) is 0 Å². The van der Waals surface area contributed by atoms with E-state index < -0.39 is 0 Å². The molecule has 1 N–H and O–H groups in total. The molecular weight excluding hydrogens is 306 g/mol. The van der Waals surface area contributed by atoms with E-state index in [4.69, 9.17) is 9.47 Å². The van der Waals surface area contributed by atoms with Crippen molar-refractivity contribution in [3.8, 4) is 11.5 Å². The van der Waals surface area contributed by atoms with E-state index >= 15 is 0 Å². The monoisotopic (exact) mass is 329 g/mol. The third-order valence-corrected chi connectivity index (χ3v) is 3.45. The summed E-state index contributed by atoms with van der Waals surface area (Å²) in [5.74, 6) is 1.56. The highest BCUT2D eigenvalue weighted by molar-refractivity contribution is 9.10. The number of hydrogen-bond acceptors (Lipinski definition) is 3. The van der Waals surface area contributed by atoms with E-state index in [0.717, 1.165) is 29.1 Å². The SMILES string of the molecule is CCCCCNCc1cc(Br)c(OCC)c(OC)c1. The van der Waals surface area contributed by atoms with Gasteiger partial charge in [0.05, 0.1) is 18.2 Å². The lowest BCUT2D eigenvalue weighted by molar-refractivity contribution is 0.308. The summed E-state index contributed by atoms with van der Waals surface area (Å²) in [7, 11) is 1.67. The Morgan fingerprint density at radius 2 is 2.00 bits per heavy atom. The number of halogens is 1. The minimum absolute atomic E-state index is 0.629. The van der Waals surface area contributed by atoms with Crippen molar-refractivity contribution in [3.63, 3.8) is 0 Å². The average Bonchev–Trinajstić information content (AvgIpc) is 2.41. The molecule has 0 spiro atoms. The van der Waals surface area contributed by atoms with Gasteiger partial charge in [-0.15, -0.1) is 0 Å². The molecule has 0 aliphatic rings. The zero-order valence-electron chi connectivity index (χ0n) is 12.1. The molecular formula is C15H24BrNO2. The number of benzene rings is 1. The molecule has 1 rings (SSSR count). The number of rotatable bonds is 9. The normalized spacial score (nSPS) is 10.5. The largest absolute Gasteiger partial charge is 0.493 e. The second kappa shape index (κ2) is 9.21. The molecule has 19 heavy (non-hydrogen) atoms. The lowest BCUT2D eigenvalue weighted by atomic mass is 10.2. The maximum atomic E-state index is 5.58. The molecule has 108 valence electrons. The standard InChI is InChI=1S/C15H24BrNO2/c1-4-6-7-8-17-11-12-9-13(16)15(19-5-2)14(10-12)18-3/h9-10,17H,4-8,11H2,1-3H3.